The molecule has 0 radical (unpaired) electrons. The number of carbonyl (C=O) groups is 3. The van der Waals surface area contributed by atoms with Gasteiger partial charge in [0.25, 0.3) is 0 Å². The number of rotatable bonds is 8. The lowest BCUT2D eigenvalue weighted by Crippen LogP contribution is -2.52. The van der Waals surface area contributed by atoms with Crippen molar-refractivity contribution in [3.05, 3.63) is 33.8 Å². The van der Waals surface area contributed by atoms with Crippen LogP contribution in [0.4, 0.5) is 0 Å². The smallest absolute Gasteiger partial charge is 0.333 e. The Balaban J connectivity index is 2.77. The summed E-state index contributed by atoms with van der Waals surface area (Å²) in [5.74, 6) is -1.75. The number of amides is 2. The quantitative estimate of drug-likeness (QED) is 0.637. The van der Waals surface area contributed by atoms with Crippen LogP contribution in [0.15, 0.2) is 18.2 Å². The van der Waals surface area contributed by atoms with Gasteiger partial charge in [0.05, 0.1) is 16.6 Å². The van der Waals surface area contributed by atoms with Gasteiger partial charge in [0, 0.05) is 6.42 Å². The van der Waals surface area contributed by atoms with E-state index in [0.29, 0.717) is 18.8 Å². The molecule has 0 aliphatic carbocycles. The Labute approximate surface area is 156 Å². The first-order chi connectivity index (χ1) is 11.6. The number of carboxylic acid groups (broad SMARTS) is 1. The molecule has 0 saturated heterocycles. The van der Waals surface area contributed by atoms with Crippen LogP contribution in [0.3, 0.4) is 0 Å². The molecule has 3 N–H and O–H groups in total. The van der Waals surface area contributed by atoms with Crippen molar-refractivity contribution in [2.45, 2.75) is 39.2 Å². The number of hydrogen-bond donors (Lipinski definition) is 3. The van der Waals surface area contributed by atoms with E-state index in [-0.39, 0.29) is 28.1 Å². The molecule has 6 nitrogen and oxygen atoms in total. The van der Waals surface area contributed by atoms with E-state index in [2.05, 4.69) is 10.6 Å². The van der Waals surface area contributed by atoms with Crippen LogP contribution in [0.25, 0.3) is 0 Å². The molecular weight excluding hydrogens is 367 g/mol. The van der Waals surface area contributed by atoms with E-state index in [4.69, 9.17) is 23.2 Å². The lowest BCUT2D eigenvalue weighted by molar-refractivity contribution is -0.147. The van der Waals surface area contributed by atoms with Gasteiger partial charge in [0.2, 0.25) is 11.8 Å². The summed E-state index contributed by atoms with van der Waals surface area (Å²) in [6, 6.07) is 4.32. The summed E-state index contributed by atoms with van der Waals surface area (Å²) in [4.78, 5) is 35.4. The van der Waals surface area contributed by atoms with Crippen LogP contribution in [0.5, 0.6) is 0 Å². The van der Waals surface area contributed by atoms with Crippen LogP contribution in [0.2, 0.25) is 10.0 Å². The Hall–Kier alpha value is -1.79. The van der Waals surface area contributed by atoms with Gasteiger partial charge >= 0.3 is 5.97 Å². The number of benzene rings is 1. The minimum Gasteiger partial charge on any atom is -0.479 e. The van der Waals surface area contributed by atoms with Gasteiger partial charge in [-0.1, -0.05) is 43.1 Å². The molecule has 0 saturated carbocycles. The van der Waals surface area contributed by atoms with Crippen molar-refractivity contribution in [3.8, 4) is 0 Å². The lowest BCUT2D eigenvalue weighted by atomic mass is 9.92. The third-order valence-electron chi connectivity index (χ3n) is 3.71. The predicted molar refractivity (Wildman–Crippen MR) is 96.7 cm³/mol. The van der Waals surface area contributed by atoms with Crippen LogP contribution in [-0.2, 0) is 19.9 Å². The summed E-state index contributed by atoms with van der Waals surface area (Å²) in [6.07, 6.45) is 1.03. The highest BCUT2D eigenvalue weighted by Gasteiger charge is 2.37. The SMILES string of the molecule is CC(C)CCC(=O)NCC(=O)NC(C)(C(=O)O)c1ccc(Cl)c(Cl)c1. The lowest BCUT2D eigenvalue weighted by Gasteiger charge is -2.27. The van der Waals surface area contributed by atoms with Gasteiger partial charge in [-0.2, -0.15) is 0 Å². The molecule has 0 heterocycles. The molecular formula is C17H22Cl2N2O4. The fraction of sp³-hybridized carbons (Fsp3) is 0.471. The molecule has 1 aromatic carbocycles. The molecule has 1 rings (SSSR count). The van der Waals surface area contributed by atoms with Gasteiger partial charge in [0.1, 0.15) is 0 Å². The number of carboxylic acids is 1. The topological polar surface area (TPSA) is 95.5 Å². The van der Waals surface area contributed by atoms with Crippen molar-refractivity contribution in [1.82, 2.24) is 10.6 Å². The first-order valence-corrected chi connectivity index (χ1v) is 8.58. The number of halogens is 2. The van der Waals surface area contributed by atoms with Crippen LogP contribution < -0.4 is 10.6 Å². The average Bonchev–Trinajstić information content (AvgIpc) is 2.53. The molecule has 0 aliphatic rings. The first kappa shape index (κ1) is 21.3. The average molecular weight is 389 g/mol. The van der Waals surface area contributed by atoms with Gasteiger partial charge in [-0.05, 0) is 37.0 Å². The van der Waals surface area contributed by atoms with Gasteiger partial charge in [-0.25, -0.2) is 4.79 Å². The zero-order chi connectivity index (χ0) is 19.2. The minimum atomic E-state index is -1.70. The Bertz CT molecular complexity index is 664. The van der Waals surface area contributed by atoms with Crippen LogP contribution in [0.1, 0.15) is 39.2 Å². The van der Waals surface area contributed by atoms with Crippen molar-refractivity contribution in [2.75, 3.05) is 6.54 Å². The van der Waals surface area contributed by atoms with Gasteiger partial charge in [0.15, 0.2) is 5.54 Å². The summed E-state index contributed by atoms with van der Waals surface area (Å²) in [5, 5.41) is 14.9. The van der Waals surface area contributed by atoms with E-state index >= 15 is 0 Å². The molecule has 25 heavy (non-hydrogen) atoms. The molecule has 0 aliphatic heterocycles. The van der Waals surface area contributed by atoms with Crippen molar-refractivity contribution in [1.29, 1.82) is 0 Å². The zero-order valence-electron chi connectivity index (χ0n) is 14.4. The third kappa shape index (κ3) is 6.21. The van der Waals surface area contributed by atoms with E-state index in [1.165, 1.54) is 25.1 Å². The summed E-state index contributed by atoms with van der Waals surface area (Å²) < 4.78 is 0. The Morgan fingerprint density at radius 1 is 1.16 bits per heavy atom. The highest BCUT2D eigenvalue weighted by atomic mass is 35.5. The van der Waals surface area contributed by atoms with Gasteiger partial charge < -0.3 is 15.7 Å². The number of aliphatic carboxylic acids is 1. The van der Waals surface area contributed by atoms with E-state index in [0.717, 1.165) is 0 Å². The largest absolute Gasteiger partial charge is 0.479 e. The second-order valence-electron chi connectivity index (χ2n) is 6.32. The maximum atomic E-state index is 12.1. The molecule has 0 fully saturated rings. The summed E-state index contributed by atoms with van der Waals surface area (Å²) in [5.41, 5.74) is -1.43. The fourth-order valence-corrected chi connectivity index (χ4v) is 2.36. The number of nitrogens with one attached hydrogen (secondary N) is 2. The second-order valence-corrected chi connectivity index (χ2v) is 7.13. The van der Waals surface area contributed by atoms with Crippen molar-refractivity contribution < 1.29 is 19.5 Å². The molecule has 1 aromatic rings. The number of hydrogen-bond acceptors (Lipinski definition) is 3. The molecule has 0 bridgehead atoms. The summed E-state index contributed by atoms with van der Waals surface area (Å²) >= 11 is 11.8. The van der Waals surface area contributed by atoms with E-state index in [1.807, 2.05) is 13.8 Å². The Morgan fingerprint density at radius 2 is 1.80 bits per heavy atom. The zero-order valence-corrected chi connectivity index (χ0v) is 15.9. The standard InChI is InChI=1S/C17H22Cl2N2O4/c1-10(2)4-7-14(22)20-9-15(23)21-17(3,16(24)25)11-5-6-12(18)13(19)8-11/h5-6,8,10H,4,7,9H2,1-3H3,(H,20,22)(H,21,23)(H,24,25). The van der Waals surface area contributed by atoms with Crippen molar-refractivity contribution >= 4 is 41.0 Å². The first-order valence-electron chi connectivity index (χ1n) is 7.83. The summed E-state index contributed by atoms with van der Waals surface area (Å²) in [6.45, 7) is 5.03. The fourth-order valence-electron chi connectivity index (χ4n) is 2.07. The molecule has 2 amide bonds. The maximum absolute atomic E-state index is 12.1. The minimum absolute atomic E-state index is 0.183. The van der Waals surface area contributed by atoms with Gasteiger partial charge in [-0.3, -0.25) is 9.59 Å². The van der Waals surface area contributed by atoms with Crippen molar-refractivity contribution in [3.63, 3.8) is 0 Å². The molecule has 138 valence electrons. The molecule has 8 heteroatoms. The predicted octanol–water partition coefficient (Wildman–Crippen LogP) is 2.96. The molecule has 1 atom stereocenters. The molecule has 0 aromatic heterocycles. The highest BCUT2D eigenvalue weighted by Crippen LogP contribution is 2.29. The maximum Gasteiger partial charge on any atom is 0.333 e. The monoisotopic (exact) mass is 388 g/mol. The van der Waals surface area contributed by atoms with E-state index in [9.17, 15) is 19.5 Å². The third-order valence-corrected chi connectivity index (χ3v) is 4.45. The Kier molecular flexibility index (Phi) is 7.70. The normalized spacial score (nSPS) is 13.2. The number of carbonyl (C=O) groups excluding carboxylic acids is 2. The molecule has 0 spiro atoms. The highest BCUT2D eigenvalue weighted by molar-refractivity contribution is 6.42. The van der Waals surface area contributed by atoms with Crippen molar-refractivity contribution in [2.24, 2.45) is 5.92 Å². The van der Waals surface area contributed by atoms with E-state index < -0.39 is 17.4 Å². The summed E-state index contributed by atoms with van der Waals surface area (Å²) in [7, 11) is 0. The van der Waals surface area contributed by atoms with Crippen LogP contribution in [0, 0.1) is 5.92 Å². The van der Waals surface area contributed by atoms with Crippen LogP contribution in [-0.4, -0.2) is 29.4 Å². The van der Waals surface area contributed by atoms with Gasteiger partial charge in [-0.15, -0.1) is 0 Å². The second kappa shape index (κ2) is 9.06. The molecule has 1 unspecified atom stereocenters. The Morgan fingerprint density at radius 3 is 2.32 bits per heavy atom. The van der Waals surface area contributed by atoms with E-state index in [1.54, 1.807) is 0 Å². The van der Waals surface area contributed by atoms with Crippen LogP contribution >= 0.6 is 23.2 Å².